The average molecular weight is 248 g/mol. The van der Waals surface area contributed by atoms with Crippen LogP contribution in [-0.4, -0.2) is 19.1 Å². The van der Waals surface area contributed by atoms with Crippen LogP contribution in [-0.2, 0) is 14.9 Å². The molecule has 1 heterocycles. The Morgan fingerprint density at radius 3 is 2.56 bits per heavy atom. The molecule has 1 amide bonds. The standard InChI is InChI=1S/C14H20N2O2/c1-10-3-4-12(11(2)9-10)14(13(17)16-15)5-7-18-8-6-14/h3-4,9H,5-8,15H2,1-2H3,(H,16,17). The van der Waals surface area contributed by atoms with Gasteiger partial charge in [-0.25, -0.2) is 5.84 Å². The number of carbonyl (C=O) groups excluding carboxylic acids is 1. The summed E-state index contributed by atoms with van der Waals surface area (Å²) in [4.78, 5) is 12.2. The molecule has 0 saturated carbocycles. The smallest absolute Gasteiger partial charge is 0.244 e. The van der Waals surface area contributed by atoms with Crippen molar-refractivity contribution in [2.24, 2.45) is 5.84 Å². The van der Waals surface area contributed by atoms with Gasteiger partial charge in [0.2, 0.25) is 5.91 Å². The van der Waals surface area contributed by atoms with E-state index < -0.39 is 5.41 Å². The van der Waals surface area contributed by atoms with Crippen LogP contribution in [0.15, 0.2) is 18.2 Å². The highest BCUT2D eigenvalue weighted by Crippen LogP contribution is 2.37. The van der Waals surface area contributed by atoms with Crippen LogP contribution in [0.3, 0.4) is 0 Å². The molecule has 1 aromatic rings. The van der Waals surface area contributed by atoms with Crippen LogP contribution < -0.4 is 11.3 Å². The molecule has 0 aliphatic carbocycles. The molecule has 0 radical (unpaired) electrons. The third-order valence-corrected chi connectivity index (χ3v) is 3.81. The maximum absolute atomic E-state index is 12.2. The van der Waals surface area contributed by atoms with Gasteiger partial charge in [0.15, 0.2) is 0 Å². The molecule has 4 nitrogen and oxygen atoms in total. The van der Waals surface area contributed by atoms with Crippen LogP contribution in [0.2, 0.25) is 0 Å². The molecule has 0 spiro atoms. The van der Waals surface area contributed by atoms with E-state index in [4.69, 9.17) is 10.6 Å². The third-order valence-electron chi connectivity index (χ3n) is 3.81. The van der Waals surface area contributed by atoms with Crippen molar-refractivity contribution >= 4 is 5.91 Å². The number of ether oxygens (including phenoxy) is 1. The first-order valence-corrected chi connectivity index (χ1v) is 6.27. The molecule has 0 aromatic heterocycles. The summed E-state index contributed by atoms with van der Waals surface area (Å²) in [6.07, 6.45) is 1.36. The minimum Gasteiger partial charge on any atom is -0.381 e. The summed E-state index contributed by atoms with van der Waals surface area (Å²) < 4.78 is 5.38. The van der Waals surface area contributed by atoms with Gasteiger partial charge in [-0.15, -0.1) is 0 Å². The summed E-state index contributed by atoms with van der Waals surface area (Å²) in [5.41, 5.74) is 5.19. The molecule has 0 unspecified atom stereocenters. The summed E-state index contributed by atoms with van der Waals surface area (Å²) in [6.45, 7) is 5.29. The lowest BCUT2D eigenvalue weighted by Crippen LogP contribution is -2.50. The quantitative estimate of drug-likeness (QED) is 0.471. The fraction of sp³-hybridized carbons (Fsp3) is 0.500. The minimum absolute atomic E-state index is 0.113. The Labute approximate surface area is 107 Å². The maximum atomic E-state index is 12.2. The van der Waals surface area contributed by atoms with E-state index in [1.165, 1.54) is 5.56 Å². The second-order valence-corrected chi connectivity index (χ2v) is 4.99. The van der Waals surface area contributed by atoms with Gasteiger partial charge in [0.05, 0.1) is 5.41 Å². The van der Waals surface area contributed by atoms with Gasteiger partial charge in [0.1, 0.15) is 0 Å². The van der Waals surface area contributed by atoms with E-state index in [1.54, 1.807) is 0 Å². The Morgan fingerprint density at radius 2 is 2.00 bits per heavy atom. The van der Waals surface area contributed by atoms with Crippen LogP contribution >= 0.6 is 0 Å². The van der Waals surface area contributed by atoms with Gasteiger partial charge >= 0.3 is 0 Å². The van der Waals surface area contributed by atoms with Crippen LogP contribution in [0.4, 0.5) is 0 Å². The van der Waals surface area contributed by atoms with E-state index in [1.807, 2.05) is 19.1 Å². The minimum atomic E-state index is -0.537. The monoisotopic (exact) mass is 248 g/mol. The molecule has 1 fully saturated rings. The Kier molecular flexibility index (Phi) is 3.68. The predicted octanol–water partition coefficient (Wildman–Crippen LogP) is 1.34. The second-order valence-electron chi connectivity index (χ2n) is 4.99. The molecular formula is C14H20N2O2. The summed E-state index contributed by atoms with van der Waals surface area (Å²) in [5, 5.41) is 0. The van der Waals surface area contributed by atoms with Crippen molar-refractivity contribution in [2.75, 3.05) is 13.2 Å². The van der Waals surface area contributed by atoms with Crippen molar-refractivity contribution < 1.29 is 9.53 Å². The Balaban J connectivity index is 2.48. The summed E-state index contributed by atoms with van der Waals surface area (Å²) in [6, 6.07) is 6.20. The van der Waals surface area contributed by atoms with Crippen molar-refractivity contribution in [1.82, 2.24) is 5.43 Å². The van der Waals surface area contributed by atoms with E-state index in [9.17, 15) is 4.79 Å². The molecule has 98 valence electrons. The molecule has 1 aliphatic rings. The lowest BCUT2D eigenvalue weighted by Gasteiger charge is -2.36. The number of nitrogens with one attached hydrogen (secondary N) is 1. The number of aryl methyl sites for hydroxylation is 2. The number of carbonyl (C=O) groups is 1. The summed E-state index contributed by atoms with van der Waals surface area (Å²) >= 11 is 0. The normalized spacial score (nSPS) is 18.4. The average Bonchev–Trinajstić information content (AvgIpc) is 2.38. The van der Waals surface area contributed by atoms with E-state index >= 15 is 0 Å². The van der Waals surface area contributed by atoms with Gasteiger partial charge in [0.25, 0.3) is 0 Å². The molecule has 18 heavy (non-hydrogen) atoms. The Morgan fingerprint density at radius 1 is 1.33 bits per heavy atom. The second kappa shape index (κ2) is 5.08. The van der Waals surface area contributed by atoms with Crippen molar-refractivity contribution in [3.63, 3.8) is 0 Å². The number of hydrogen-bond donors (Lipinski definition) is 2. The molecule has 4 heteroatoms. The molecule has 1 aliphatic heterocycles. The molecule has 1 saturated heterocycles. The van der Waals surface area contributed by atoms with Crippen molar-refractivity contribution in [1.29, 1.82) is 0 Å². The summed E-state index contributed by atoms with van der Waals surface area (Å²) in [5.74, 6) is 5.25. The first-order valence-electron chi connectivity index (χ1n) is 6.27. The molecule has 2 rings (SSSR count). The van der Waals surface area contributed by atoms with Crippen LogP contribution in [0, 0.1) is 13.8 Å². The van der Waals surface area contributed by atoms with Crippen LogP contribution in [0.25, 0.3) is 0 Å². The first kappa shape index (κ1) is 13.1. The zero-order valence-corrected chi connectivity index (χ0v) is 11.0. The van der Waals surface area contributed by atoms with E-state index in [0.29, 0.717) is 26.1 Å². The lowest BCUT2D eigenvalue weighted by atomic mass is 9.71. The van der Waals surface area contributed by atoms with Crippen molar-refractivity contribution in [2.45, 2.75) is 32.1 Å². The van der Waals surface area contributed by atoms with E-state index in [0.717, 1.165) is 11.1 Å². The molecular weight excluding hydrogens is 228 g/mol. The molecule has 1 aromatic carbocycles. The lowest BCUT2D eigenvalue weighted by molar-refractivity contribution is -0.130. The van der Waals surface area contributed by atoms with Gasteiger partial charge < -0.3 is 4.74 Å². The van der Waals surface area contributed by atoms with E-state index in [-0.39, 0.29) is 5.91 Å². The topological polar surface area (TPSA) is 64.4 Å². The third kappa shape index (κ3) is 2.13. The van der Waals surface area contributed by atoms with Crippen molar-refractivity contribution in [3.8, 4) is 0 Å². The highest BCUT2D eigenvalue weighted by atomic mass is 16.5. The molecule has 3 N–H and O–H groups in total. The number of benzene rings is 1. The number of hydrazine groups is 1. The van der Waals surface area contributed by atoms with Crippen molar-refractivity contribution in [3.05, 3.63) is 34.9 Å². The van der Waals surface area contributed by atoms with Gasteiger partial charge in [-0.05, 0) is 37.8 Å². The SMILES string of the molecule is Cc1ccc(C2(C(=O)NN)CCOCC2)c(C)c1. The number of amides is 1. The van der Waals surface area contributed by atoms with E-state index in [2.05, 4.69) is 18.4 Å². The number of nitrogens with two attached hydrogens (primary N) is 1. The largest absolute Gasteiger partial charge is 0.381 e. The number of rotatable bonds is 2. The zero-order chi connectivity index (χ0) is 13.2. The Bertz CT molecular complexity index is 451. The first-order chi connectivity index (χ1) is 8.60. The highest BCUT2D eigenvalue weighted by molar-refractivity contribution is 5.88. The zero-order valence-electron chi connectivity index (χ0n) is 11.0. The van der Waals surface area contributed by atoms with Gasteiger partial charge in [0, 0.05) is 13.2 Å². The molecule has 0 bridgehead atoms. The maximum Gasteiger partial charge on any atom is 0.244 e. The van der Waals surface area contributed by atoms with Gasteiger partial charge in [-0.2, -0.15) is 0 Å². The Hall–Kier alpha value is -1.39. The van der Waals surface area contributed by atoms with Gasteiger partial charge in [-0.1, -0.05) is 23.8 Å². The van der Waals surface area contributed by atoms with Crippen LogP contribution in [0.1, 0.15) is 29.5 Å². The number of hydrogen-bond acceptors (Lipinski definition) is 3. The fourth-order valence-corrected chi connectivity index (χ4v) is 2.83. The van der Waals surface area contributed by atoms with Gasteiger partial charge in [-0.3, -0.25) is 10.2 Å². The summed E-state index contributed by atoms with van der Waals surface area (Å²) in [7, 11) is 0. The predicted molar refractivity (Wildman–Crippen MR) is 70.0 cm³/mol. The fourth-order valence-electron chi connectivity index (χ4n) is 2.83. The molecule has 0 atom stereocenters. The highest BCUT2D eigenvalue weighted by Gasteiger charge is 2.42. The van der Waals surface area contributed by atoms with Crippen LogP contribution in [0.5, 0.6) is 0 Å².